The van der Waals surface area contributed by atoms with Crippen molar-refractivity contribution in [3.8, 4) is 23.0 Å². The first-order valence-corrected chi connectivity index (χ1v) is 9.33. The first-order valence-electron chi connectivity index (χ1n) is 7.74. The fraction of sp³-hybridized carbons (Fsp3) is 0.333. The van der Waals surface area contributed by atoms with Crippen molar-refractivity contribution in [1.82, 2.24) is 0 Å². The maximum absolute atomic E-state index is 6.24. The number of hydrogen-bond donors (Lipinski definition) is 0. The third-order valence-corrected chi connectivity index (χ3v) is 5.66. The van der Waals surface area contributed by atoms with E-state index in [1.807, 2.05) is 18.2 Å². The van der Waals surface area contributed by atoms with Crippen LogP contribution in [0, 0.1) is 0 Å². The van der Waals surface area contributed by atoms with E-state index >= 15 is 0 Å². The van der Waals surface area contributed by atoms with E-state index in [1.165, 1.54) is 0 Å². The third-order valence-electron chi connectivity index (χ3n) is 4.42. The van der Waals surface area contributed by atoms with Crippen molar-refractivity contribution in [2.45, 2.75) is 12.0 Å². The van der Waals surface area contributed by atoms with E-state index in [2.05, 4.69) is 37.9 Å². The number of benzene rings is 2. The highest BCUT2D eigenvalue weighted by Crippen LogP contribution is 2.54. The van der Waals surface area contributed by atoms with Crippen molar-refractivity contribution >= 4 is 31.9 Å². The molecule has 5 nitrogen and oxygen atoms in total. The lowest BCUT2D eigenvalue weighted by molar-refractivity contribution is 0.0500. The molecule has 0 fully saturated rings. The molecular weight excluding hydrogens is 456 g/mol. The molecule has 2 aliphatic rings. The molecule has 0 unspecified atom stereocenters. The van der Waals surface area contributed by atoms with Crippen LogP contribution in [0.2, 0.25) is 0 Å². The predicted octanol–water partition coefficient (Wildman–Crippen LogP) is 4.81. The molecule has 2 heterocycles. The summed E-state index contributed by atoms with van der Waals surface area (Å²) in [6.07, 6.45) is -0.0921. The van der Waals surface area contributed by atoms with Gasteiger partial charge in [-0.2, -0.15) is 0 Å². The van der Waals surface area contributed by atoms with Gasteiger partial charge in [0.25, 0.3) is 0 Å². The monoisotopic (exact) mass is 470 g/mol. The van der Waals surface area contributed by atoms with Gasteiger partial charge < -0.3 is 23.7 Å². The Labute approximate surface area is 162 Å². The SMILES string of the molecule is COCOc1cc2c(cc1Br)[C@H]1Oc3cc(OC)c(Br)cc3[C@H]1CO2. The number of ether oxygens (including phenoxy) is 5. The van der Waals surface area contributed by atoms with Crippen molar-refractivity contribution in [2.24, 2.45) is 0 Å². The zero-order valence-corrected chi connectivity index (χ0v) is 16.8. The summed E-state index contributed by atoms with van der Waals surface area (Å²) in [5.74, 6) is 3.18. The van der Waals surface area contributed by atoms with Gasteiger partial charge in [0.2, 0.25) is 0 Å². The van der Waals surface area contributed by atoms with E-state index in [4.69, 9.17) is 23.7 Å². The molecule has 7 heteroatoms. The van der Waals surface area contributed by atoms with Crippen LogP contribution in [0.3, 0.4) is 0 Å². The molecule has 2 atom stereocenters. The maximum Gasteiger partial charge on any atom is 0.188 e. The fourth-order valence-corrected chi connectivity index (χ4v) is 4.25. The van der Waals surface area contributed by atoms with Crippen LogP contribution >= 0.6 is 31.9 Å². The zero-order chi connectivity index (χ0) is 17.6. The van der Waals surface area contributed by atoms with Crippen molar-refractivity contribution in [3.05, 3.63) is 44.3 Å². The second-order valence-corrected chi connectivity index (χ2v) is 7.56. The molecule has 25 heavy (non-hydrogen) atoms. The Morgan fingerprint density at radius 3 is 2.48 bits per heavy atom. The first kappa shape index (κ1) is 17.0. The second-order valence-electron chi connectivity index (χ2n) is 5.85. The number of methoxy groups -OCH3 is 2. The molecule has 0 saturated carbocycles. The van der Waals surface area contributed by atoms with E-state index in [-0.39, 0.29) is 18.8 Å². The lowest BCUT2D eigenvalue weighted by Gasteiger charge is -2.28. The molecule has 2 aromatic rings. The molecule has 0 bridgehead atoms. The topological polar surface area (TPSA) is 46.2 Å². The summed E-state index contributed by atoms with van der Waals surface area (Å²) in [7, 11) is 3.23. The van der Waals surface area contributed by atoms with Crippen molar-refractivity contribution < 1.29 is 23.7 Å². The first-order chi connectivity index (χ1) is 12.1. The molecule has 132 valence electrons. The van der Waals surface area contributed by atoms with Crippen LogP contribution in [-0.4, -0.2) is 27.6 Å². The summed E-state index contributed by atoms with van der Waals surface area (Å²) in [5.41, 5.74) is 2.12. The van der Waals surface area contributed by atoms with Crippen molar-refractivity contribution in [2.75, 3.05) is 27.6 Å². The van der Waals surface area contributed by atoms with Crippen LogP contribution in [0.15, 0.2) is 33.2 Å². The van der Waals surface area contributed by atoms with Gasteiger partial charge in [0, 0.05) is 30.4 Å². The summed E-state index contributed by atoms with van der Waals surface area (Å²) in [5, 5.41) is 0. The zero-order valence-electron chi connectivity index (χ0n) is 13.7. The molecule has 2 aliphatic heterocycles. The molecule has 4 rings (SSSR count). The standard InChI is InChI=1S/C18H16Br2O5/c1-21-8-24-17-5-14-10(4-13(17)20)18-11(7-23-14)9-3-12(19)16(22-2)6-15(9)25-18/h3-6,11,18H,7-8H2,1-2H3/t11-,18-/m1/s1. The van der Waals surface area contributed by atoms with Crippen LogP contribution in [0.1, 0.15) is 23.1 Å². The summed E-state index contributed by atoms with van der Waals surface area (Å²) in [6, 6.07) is 7.84. The van der Waals surface area contributed by atoms with Gasteiger partial charge in [-0.25, -0.2) is 0 Å². The Balaban J connectivity index is 1.70. The number of halogens is 2. The number of rotatable bonds is 4. The number of hydrogen-bond acceptors (Lipinski definition) is 5. The van der Waals surface area contributed by atoms with Crippen molar-refractivity contribution in [1.29, 1.82) is 0 Å². The van der Waals surface area contributed by atoms with E-state index in [0.717, 1.165) is 37.3 Å². The molecule has 0 aliphatic carbocycles. The summed E-state index contributed by atoms with van der Waals surface area (Å²) in [6.45, 7) is 0.730. The van der Waals surface area contributed by atoms with E-state index < -0.39 is 0 Å². The lowest BCUT2D eigenvalue weighted by atomic mass is 9.89. The van der Waals surface area contributed by atoms with E-state index in [0.29, 0.717) is 12.4 Å². The Morgan fingerprint density at radius 1 is 1.00 bits per heavy atom. The summed E-state index contributed by atoms with van der Waals surface area (Å²) >= 11 is 7.10. The minimum absolute atomic E-state index is 0.0921. The highest BCUT2D eigenvalue weighted by Gasteiger charge is 2.41. The smallest absolute Gasteiger partial charge is 0.188 e. The maximum atomic E-state index is 6.24. The molecule has 0 amide bonds. The van der Waals surface area contributed by atoms with Gasteiger partial charge in [-0.15, -0.1) is 0 Å². The number of fused-ring (bicyclic) bond motifs is 5. The predicted molar refractivity (Wildman–Crippen MR) is 98.9 cm³/mol. The molecule has 0 saturated heterocycles. The summed E-state index contributed by atoms with van der Waals surface area (Å²) < 4.78 is 29.9. The second kappa shape index (κ2) is 6.70. The Hall–Kier alpha value is -1.44. The lowest BCUT2D eigenvalue weighted by Crippen LogP contribution is -2.23. The Morgan fingerprint density at radius 2 is 1.72 bits per heavy atom. The normalized spacial score (nSPS) is 20.0. The fourth-order valence-electron chi connectivity index (χ4n) is 3.25. The molecule has 0 spiro atoms. The molecule has 2 aromatic carbocycles. The average Bonchev–Trinajstić information content (AvgIpc) is 2.97. The van der Waals surface area contributed by atoms with E-state index in [1.54, 1.807) is 14.2 Å². The molecular formula is C18H16Br2O5. The minimum atomic E-state index is -0.0921. The van der Waals surface area contributed by atoms with Gasteiger partial charge in [0.05, 0.1) is 28.6 Å². The Bertz CT molecular complexity index is 824. The quantitative estimate of drug-likeness (QED) is 0.598. The van der Waals surface area contributed by atoms with Crippen LogP contribution in [0.5, 0.6) is 23.0 Å². The van der Waals surface area contributed by atoms with Gasteiger partial charge in [-0.3, -0.25) is 0 Å². The highest BCUT2D eigenvalue weighted by molar-refractivity contribution is 9.10. The molecule has 0 aromatic heterocycles. The third kappa shape index (κ3) is 2.88. The van der Waals surface area contributed by atoms with Gasteiger partial charge in [0.15, 0.2) is 6.79 Å². The largest absolute Gasteiger partial charge is 0.495 e. The van der Waals surface area contributed by atoms with Gasteiger partial charge in [-0.05, 0) is 44.0 Å². The average molecular weight is 472 g/mol. The Kier molecular flexibility index (Phi) is 4.56. The van der Waals surface area contributed by atoms with Crippen molar-refractivity contribution in [3.63, 3.8) is 0 Å². The highest BCUT2D eigenvalue weighted by atomic mass is 79.9. The van der Waals surface area contributed by atoms with Gasteiger partial charge in [0.1, 0.15) is 29.1 Å². The molecule has 0 radical (unpaired) electrons. The van der Waals surface area contributed by atoms with Crippen LogP contribution in [0.25, 0.3) is 0 Å². The molecule has 0 N–H and O–H groups in total. The summed E-state index contributed by atoms with van der Waals surface area (Å²) in [4.78, 5) is 0. The van der Waals surface area contributed by atoms with Crippen LogP contribution < -0.4 is 18.9 Å². The van der Waals surface area contributed by atoms with Gasteiger partial charge >= 0.3 is 0 Å². The van der Waals surface area contributed by atoms with Crippen LogP contribution in [-0.2, 0) is 4.74 Å². The van der Waals surface area contributed by atoms with E-state index in [9.17, 15) is 0 Å². The van der Waals surface area contributed by atoms with Gasteiger partial charge in [-0.1, -0.05) is 0 Å². The van der Waals surface area contributed by atoms with Crippen LogP contribution in [0.4, 0.5) is 0 Å². The minimum Gasteiger partial charge on any atom is -0.495 e.